The molecule has 4 N–H and O–H groups in total. The monoisotopic (exact) mass is 440 g/mol. The molecule has 0 aliphatic heterocycles. The van der Waals surface area contributed by atoms with E-state index in [1.54, 1.807) is 0 Å². The predicted molar refractivity (Wildman–Crippen MR) is 118 cm³/mol. The van der Waals surface area contributed by atoms with E-state index in [9.17, 15) is 14.4 Å². The van der Waals surface area contributed by atoms with Crippen LogP contribution < -0.4 is 10.6 Å². The Morgan fingerprint density at radius 3 is 2.16 bits per heavy atom. The number of aliphatic hydroxyl groups is 1. The standard InChI is InChI=1S/C24H28N2O6/c1-15(7-6-12-22(28)26-21(13-27)23(29)30)25-24(31)32-14-20-18-10-4-2-8-16(18)17-9-3-5-11-19(17)20/h2-5,8-11,15,20-21,27H,6-7,12-14H2,1H3,(H,25,31)(H,26,28)(H,29,30). The Bertz CT molecular complexity index is 931. The fourth-order valence-corrected chi connectivity index (χ4v) is 3.93. The van der Waals surface area contributed by atoms with Crippen LogP contribution in [0, 0.1) is 0 Å². The molecule has 1 aliphatic carbocycles. The number of nitrogens with one attached hydrogen (secondary N) is 2. The van der Waals surface area contributed by atoms with Gasteiger partial charge in [0.15, 0.2) is 0 Å². The molecule has 0 radical (unpaired) electrons. The Hall–Kier alpha value is -3.39. The Morgan fingerprint density at radius 2 is 1.59 bits per heavy atom. The molecule has 2 unspecified atom stereocenters. The number of ether oxygens (including phenoxy) is 1. The zero-order valence-electron chi connectivity index (χ0n) is 17.9. The van der Waals surface area contributed by atoms with Crippen LogP contribution in [0.2, 0.25) is 0 Å². The minimum Gasteiger partial charge on any atom is -0.480 e. The molecule has 0 bridgehead atoms. The molecule has 0 aromatic heterocycles. The zero-order chi connectivity index (χ0) is 23.1. The lowest BCUT2D eigenvalue weighted by Gasteiger charge is -2.17. The Labute approximate surface area is 186 Å². The first kappa shape index (κ1) is 23.3. The molecule has 2 atom stereocenters. The van der Waals surface area contributed by atoms with Crippen LogP contribution in [0.1, 0.15) is 43.2 Å². The minimum absolute atomic E-state index is 0.0131. The van der Waals surface area contributed by atoms with Gasteiger partial charge in [0, 0.05) is 18.4 Å². The van der Waals surface area contributed by atoms with Crippen molar-refractivity contribution in [1.82, 2.24) is 10.6 Å². The van der Waals surface area contributed by atoms with Gasteiger partial charge in [-0.1, -0.05) is 48.5 Å². The normalized spacial score (nSPS) is 14.1. The highest BCUT2D eigenvalue weighted by atomic mass is 16.5. The van der Waals surface area contributed by atoms with Gasteiger partial charge in [0.05, 0.1) is 6.61 Å². The average molecular weight is 440 g/mol. The number of amides is 2. The number of rotatable bonds is 10. The topological polar surface area (TPSA) is 125 Å². The fraction of sp³-hybridized carbons (Fsp3) is 0.375. The van der Waals surface area contributed by atoms with E-state index >= 15 is 0 Å². The fourth-order valence-electron chi connectivity index (χ4n) is 3.93. The van der Waals surface area contributed by atoms with E-state index in [4.69, 9.17) is 14.9 Å². The number of aliphatic hydroxyl groups excluding tert-OH is 1. The van der Waals surface area contributed by atoms with E-state index in [2.05, 4.69) is 34.9 Å². The van der Waals surface area contributed by atoms with Gasteiger partial charge in [-0.05, 0) is 42.0 Å². The van der Waals surface area contributed by atoms with Crippen molar-refractivity contribution in [3.8, 4) is 11.1 Å². The first-order valence-corrected chi connectivity index (χ1v) is 10.6. The number of fused-ring (bicyclic) bond motifs is 3. The molecule has 32 heavy (non-hydrogen) atoms. The third kappa shape index (κ3) is 5.64. The summed E-state index contributed by atoms with van der Waals surface area (Å²) >= 11 is 0. The SMILES string of the molecule is CC(CCCC(=O)NC(CO)C(=O)O)NC(=O)OCC1c2ccccc2-c2ccccc21. The second-order valence-electron chi connectivity index (χ2n) is 7.90. The molecule has 0 heterocycles. The molecule has 170 valence electrons. The van der Waals surface area contributed by atoms with Gasteiger partial charge in [-0.2, -0.15) is 0 Å². The first-order valence-electron chi connectivity index (χ1n) is 10.6. The highest BCUT2D eigenvalue weighted by Gasteiger charge is 2.29. The van der Waals surface area contributed by atoms with E-state index in [1.165, 1.54) is 0 Å². The van der Waals surface area contributed by atoms with Gasteiger partial charge in [0.2, 0.25) is 5.91 Å². The summed E-state index contributed by atoms with van der Waals surface area (Å²) in [5, 5.41) is 22.8. The number of carboxylic acid groups (broad SMARTS) is 1. The van der Waals surface area contributed by atoms with Gasteiger partial charge in [-0.3, -0.25) is 4.79 Å². The molecular formula is C24H28N2O6. The lowest BCUT2D eigenvalue weighted by atomic mass is 9.98. The summed E-state index contributed by atoms with van der Waals surface area (Å²) in [6.07, 6.45) is 0.554. The number of aliphatic carboxylic acids is 1. The van der Waals surface area contributed by atoms with Gasteiger partial charge in [0.25, 0.3) is 0 Å². The van der Waals surface area contributed by atoms with Crippen molar-refractivity contribution in [1.29, 1.82) is 0 Å². The zero-order valence-corrected chi connectivity index (χ0v) is 17.9. The van der Waals surface area contributed by atoms with Crippen molar-refractivity contribution in [2.24, 2.45) is 0 Å². The van der Waals surface area contributed by atoms with Crippen LogP contribution in [-0.4, -0.2) is 53.5 Å². The number of carbonyl (C=O) groups is 3. The molecule has 3 rings (SSSR count). The Morgan fingerprint density at radius 1 is 1.00 bits per heavy atom. The van der Waals surface area contributed by atoms with Crippen LogP contribution in [0.3, 0.4) is 0 Å². The average Bonchev–Trinajstić information content (AvgIpc) is 3.09. The molecule has 0 saturated heterocycles. The minimum atomic E-state index is -1.31. The van der Waals surface area contributed by atoms with Gasteiger partial charge in [-0.15, -0.1) is 0 Å². The highest BCUT2D eigenvalue weighted by molar-refractivity contribution is 5.83. The summed E-state index contributed by atoms with van der Waals surface area (Å²) in [5.74, 6) is -1.76. The van der Waals surface area contributed by atoms with E-state index in [1.807, 2.05) is 31.2 Å². The summed E-state index contributed by atoms with van der Waals surface area (Å²) in [5.41, 5.74) is 4.61. The maximum atomic E-state index is 12.3. The summed E-state index contributed by atoms with van der Waals surface area (Å²) in [6.45, 7) is 1.38. The van der Waals surface area contributed by atoms with E-state index in [0.29, 0.717) is 12.8 Å². The van der Waals surface area contributed by atoms with Crippen LogP contribution in [0.5, 0.6) is 0 Å². The van der Waals surface area contributed by atoms with Gasteiger partial charge < -0.3 is 25.6 Å². The van der Waals surface area contributed by atoms with Crippen LogP contribution in [0.4, 0.5) is 4.79 Å². The molecule has 2 amide bonds. The second kappa shape index (κ2) is 10.8. The summed E-state index contributed by atoms with van der Waals surface area (Å²) < 4.78 is 5.51. The number of benzene rings is 2. The molecule has 0 fully saturated rings. The van der Waals surface area contributed by atoms with Crippen LogP contribution in [-0.2, 0) is 14.3 Å². The molecule has 0 saturated carbocycles. The summed E-state index contributed by atoms with van der Waals surface area (Å²) in [7, 11) is 0. The lowest BCUT2D eigenvalue weighted by molar-refractivity contribution is -0.142. The predicted octanol–water partition coefficient (Wildman–Crippen LogP) is 2.65. The molecule has 2 aromatic carbocycles. The quantitative estimate of drug-likeness (QED) is 0.450. The van der Waals surface area contributed by atoms with E-state index < -0.39 is 30.6 Å². The summed E-state index contributed by atoms with van der Waals surface area (Å²) in [6, 6.07) is 14.7. The van der Waals surface area contributed by atoms with Crippen molar-refractivity contribution in [3.63, 3.8) is 0 Å². The maximum Gasteiger partial charge on any atom is 0.407 e. The van der Waals surface area contributed by atoms with Crippen molar-refractivity contribution in [2.45, 2.75) is 44.2 Å². The number of alkyl carbamates (subject to hydrolysis) is 1. The molecule has 8 nitrogen and oxygen atoms in total. The van der Waals surface area contributed by atoms with Crippen molar-refractivity contribution < 1.29 is 29.3 Å². The first-order chi connectivity index (χ1) is 15.4. The lowest BCUT2D eigenvalue weighted by Crippen LogP contribution is -2.43. The largest absolute Gasteiger partial charge is 0.480 e. The number of hydrogen-bond donors (Lipinski definition) is 4. The molecule has 8 heteroatoms. The number of carboxylic acids is 1. The molecular weight excluding hydrogens is 412 g/mol. The Kier molecular flexibility index (Phi) is 7.83. The van der Waals surface area contributed by atoms with Crippen molar-refractivity contribution in [3.05, 3.63) is 59.7 Å². The van der Waals surface area contributed by atoms with Gasteiger partial charge >= 0.3 is 12.1 Å². The smallest absolute Gasteiger partial charge is 0.407 e. The molecule has 0 spiro atoms. The van der Waals surface area contributed by atoms with Gasteiger partial charge in [-0.25, -0.2) is 9.59 Å². The van der Waals surface area contributed by atoms with Crippen molar-refractivity contribution >= 4 is 18.0 Å². The Balaban J connectivity index is 1.43. The van der Waals surface area contributed by atoms with Crippen LogP contribution in [0.25, 0.3) is 11.1 Å². The highest BCUT2D eigenvalue weighted by Crippen LogP contribution is 2.44. The maximum absolute atomic E-state index is 12.3. The van der Waals surface area contributed by atoms with Crippen molar-refractivity contribution in [2.75, 3.05) is 13.2 Å². The van der Waals surface area contributed by atoms with E-state index in [-0.39, 0.29) is 25.0 Å². The van der Waals surface area contributed by atoms with Gasteiger partial charge in [0.1, 0.15) is 12.6 Å². The number of carbonyl (C=O) groups excluding carboxylic acids is 2. The van der Waals surface area contributed by atoms with E-state index in [0.717, 1.165) is 22.3 Å². The molecule has 1 aliphatic rings. The molecule has 2 aromatic rings. The third-order valence-electron chi connectivity index (χ3n) is 5.56. The number of hydrogen-bond acceptors (Lipinski definition) is 5. The third-order valence-corrected chi connectivity index (χ3v) is 5.56. The summed E-state index contributed by atoms with van der Waals surface area (Å²) in [4.78, 5) is 34.9. The van der Waals surface area contributed by atoms with Crippen LogP contribution >= 0.6 is 0 Å². The second-order valence-corrected chi connectivity index (χ2v) is 7.90. The van der Waals surface area contributed by atoms with Crippen LogP contribution in [0.15, 0.2) is 48.5 Å².